The molecular formula is C20H15N5O. The topological polar surface area (TPSA) is 70.6 Å². The maximum Gasteiger partial charge on any atom is 0.215 e. The van der Waals surface area contributed by atoms with Crippen LogP contribution in [0.15, 0.2) is 67.4 Å². The Hall–Kier alpha value is -3.80. The summed E-state index contributed by atoms with van der Waals surface area (Å²) < 4.78 is 3.96. The molecule has 0 saturated heterocycles. The summed E-state index contributed by atoms with van der Waals surface area (Å²) in [7, 11) is 0. The van der Waals surface area contributed by atoms with E-state index in [1.807, 2.05) is 57.5 Å². The zero-order chi connectivity index (χ0) is 17.7. The third-order valence-corrected chi connectivity index (χ3v) is 4.37. The molecule has 0 amide bonds. The molecule has 0 fully saturated rings. The van der Waals surface area contributed by atoms with Crippen LogP contribution in [0.5, 0.6) is 5.75 Å². The van der Waals surface area contributed by atoms with Crippen molar-refractivity contribution >= 4 is 39.7 Å². The van der Waals surface area contributed by atoms with Gasteiger partial charge in [-0.1, -0.05) is 30.9 Å². The van der Waals surface area contributed by atoms with Gasteiger partial charge in [0.2, 0.25) is 11.6 Å². The molecule has 6 heteroatoms. The lowest BCUT2D eigenvalue weighted by Gasteiger charge is -2.00. The molecule has 126 valence electrons. The number of hydrogen-bond acceptors (Lipinski definition) is 3. The minimum absolute atomic E-state index is 0.194. The van der Waals surface area contributed by atoms with Gasteiger partial charge in [0.15, 0.2) is 0 Å². The van der Waals surface area contributed by atoms with Crippen molar-refractivity contribution < 1.29 is 5.11 Å². The highest BCUT2D eigenvalue weighted by Gasteiger charge is 2.11. The van der Waals surface area contributed by atoms with Crippen molar-refractivity contribution in [2.45, 2.75) is 0 Å². The van der Waals surface area contributed by atoms with Gasteiger partial charge in [-0.25, -0.2) is 9.97 Å². The van der Waals surface area contributed by atoms with Crippen molar-refractivity contribution in [2.24, 2.45) is 0 Å². The second kappa shape index (κ2) is 5.35. The fourth-order valence-electron chi connectivity index (χ4n) is 3.26. The van der Waals surface area contributed by atoms with E-state index < -0.39 is 0 Å². The number of aromatic hydroxyl groups is 1. The lowest BCUT2D eigenvalue weighted by Crippen LogP contribution is -1.87. The molecule has 0 bridgehead atoms. The lowest BCUT2D eigenvalue weighted by molar-refractivity contribution is 0.476. The van der Waals surface area contributed by atoms with Gasteiger partial charge in [0.05, 0.1) is 27.8 Å². The number of phenolic OH excluding ortho intramolecular Hbond substituents is 1. The normalized spacial score (nSPS) is 12.0. The summed E-state index contributed by atoms with van der Waals surface area (Å²) in [6, 6.07) is 13.2. The van der Waals surface area contributed by atoms with Gasteiger partial charge in [-0.3, -0.25) is 13.8 Å². The molecule has 0 atom stereocenters. The largest absolute Gasteiger partial charge is 0.508 e. The molecule has 6 nitrogen and oxygen atoms in total. The first-order chi connectivity index (χ1) is 12.7. The number of imidazole rings is 2. The number of aromatic nitrogens is 5. The Balaban J connectivity index is 2.05. The number of hydrogen-bond donors (Lipinski definition) is 2. The molecule has 0 saturated carbocycles. The van der Waals surface area contributed by atoms with Crippen molar-refractivity contribution in [2.75, 3.05) is 0 Å². The van der Waals surface area contributed by atoms with Crippen LogP contribution in [0.4, 0.5) is 0 Å². The molecule has 0 spiro atoms. The molecule has 3 heterocycles. The molecule has 0 radical (unpaired) electrons. The van der Waals surface area contributed by atoms with Crippen LogP contribution in [0.25, 0.3) is 39.7 Å². The molecule has 0 aliphatic carbocycles. The van der Waals surface area contributed by atoms with Crippen LogP contribution in [0.2, 0.25) is 0 Å². The van der Waals surface area contributed by atoms with E-state index in [0.717, 1.165) is 27.8 Å². The number of nitrogens with one attached hydrogen (secondary N) is 1. The summed E-state index contributed by atoms with van der Waals surface area (Å²) >= 11 is 0. The summed E-state index contributed by atoms with van der Waals surface area (Å²) in [5.74, 6) is 1.51. The van der Waals surface area contributed by atoms with Crippen molar-refractivity contribution in [3.05, 3.63) is 73.1 Å². The first-order valence-corrected chi connectivity index (χ1v) is 8.21. The Labute approximate surface area is 148 Å². The smallest absolute Gasteiger partial charge is 0.215 e. The maximum atomic E-state index is 10.1. The van der Waals surface area contributed by atoms with Gasteiger partial charge in [-0.05, 0) is 30.3 Å². The lowest BCUT2D eigenvalue weighted by atomic mass is 10.2. The van der Waals surface area contributed by atoms with Crippen LogP contribution >= 0.6 is 0 Å². The zero-order valence-electron chi connectivity index (χ0n) is 13.8. The van der Waals surface area contributed by atoms with Crippen molar-refractivity contribution in [1.29, 1.82) is 0 Å². The second-order valence-corrected chi connectivity index (χ2v) is 6.01. The highest BCUT2D eigenvalue weighted by atomic mass is 16.3. The van der Waals surface area contributed by atoms with E-state index in [-0.39, 0.29) is 5.75 Å². The van der Waals surface area contributed by atoms with E-state index in [9.17, 15) is 5.11 Å². The molecule has 0 aliphatic heterocycles. The summed E-state index contributed by atoms with van der Waals surface area (Å²) in [4.78, 5) is 12.7. The molecule has 0 unspecified atom stereocenters. The van der Waals surface area contributed by atoms with E-state index in [4.69, 9.17) is 4.98 Å². The Morgan fingerprint density at radius 3 is 2.77 bits per heavy atom. The third-order valence-electron chi connectivity index (χ3n) is 4.37. The predicted molar refractivity (Wildman–Crippen MR) is 103 cm³/mol. The van der Waals surface area contributed by atoms with Crippen molar-refractivity contribution in [1.82, 2.24) is 23.8 Å². The number of H-pyrrole nitrogens is 1. The van der Waals surface area contributed by atoms with Gasteiger partial charge in [0.25, 0.3) is 0 Å². The van der Waals surface area contributed by atoms with E-state index >= 15 is 0 Å². The summed E-state index contributed by atoms with van der Waals surface area (Å²) in [5, 5.41) is 10.1. The number of allylic oxidation sites excluding steroid dienone is 2. The van der Waals surface area contributed by atoms with Crippen molar-refractivity contribution in [3.8, 4) is 5.75 Å². The third kappa shape index (κ3) is 2.05. The Bertz CT molecular complexity index is 1370. The van der Waals surface area contributed by atoms with Gasteiger partial charge in [0.1, 0.15) is 5.75 Å². The highest BCUT2D eigenvalue weighted by Crippen LogP contribution is 2.25. The number of rotatable bonds is 2. The summed E-state index contributed by atoms with van der Waals surface area (Å²) in [5.41, 5.74) is 4.39. The monoisotopic (exact) mass is 341 g/mol. The predicted octanol–water partition coefficient (Wildman–Crippen LogP) is 4.08. The SMILES string of the molecule is C=C/C=C\c1cn2c(n1)[nH]c1nc3ccccc3n1c1ccc(O)cc12. The molecule has 2 N–H and O–H groups in total. The minimum atomic E-state index is 0.194. The maximum absolute atomic E-state index is 10.1. The van der Waals surface area contributed by atoms with Gasteiger partial charge >= 0.3 is 0 Å². The second-order valence-electron chi connectivity index (χ2n) is 6.01. The Morgan fingerprint density at radius 1 is 1.00 bits per heavy atom. The van der Waals surface area contributed by atoms with E-state index in [1.165, 1.54) is 0 Å². The highest BCUT2D eigenvalue weighted by molar-refractivity contribution is 5.88. The molecule has 5 rings (SSSR count). The molecule has 0 aliphatic rings. The van der Waals surface area contributed by atoms with Gasteiger partial charge in [0, 0.05) is 12.3 Å². The van der Waals surface area contributed by atoms with Crippen LogP contribution in [0.1, 0.15) is 5.69 Å². The Morgan fingerprint density at radius 2 is 1.88 bits per heavy atom. The van der Waals surface area contributed by atoms with Crippen LogP contribution < -0.4 is 0 Å². The van der Waals surface area contributed by atoms with Gasteiger partial charge in [-0.15, -0.1) is 0 Å². The van der Waals surface area contributed by atoms with Crippen LogP contribution in [0, 0.1) is 0 Å². The standard InChI is InChI=1S/C20H15N5O/c1-2-3-6-13-12-24-18-11-14(26)9-10-17(18)25-16-8-5-4-7-15(16)22-20(25)23-19(24)21-13/h2-12,26H,1H2,(H,21,22,23)/b6-3-. The quantitative estimate of drug-likeness (QED) is 0.475. The van der Waals surface area contributed by atoms with Crippen molar-refractivity contribution in [3.63, 3.8) is 0 Å². The zero-order valence-corrected chi connectivity index (χ0v) is 13.8. The average molecular weight is 341 g/mol. The minimum Gasteiger partial charge on any atom is -0.508 e. The number of benzene rings is 2. The fraction of sp³-hybridized carbons (Fsp3) is 0. The summed E-state index contributed by atoms with van der Waals surface area (Å²) in [6.07, 6.45) is 7.33. The van der Waals surface area contributed by atoms with E-state index in [0.29, 0.717) is 11.6 Å². The number of phenols is 1. The van der Waals surface area contributed by atoms with Crippen LogP contribution in [0.3, 0.4) is 0 Å². The first-order valence-electron chi connectivity index (χ1n) is 8.21. The fourth-order valence-corrected chi connectivity index (χ4v) is 3.26. The first kappa shape index (κ1) is 14.5. The van der Waals surface area contributed by atoms with E-state index in [2.05, 4.69) is 16.5 Å². The molecule has 2 aromatic carbocycles. The molecule has 5 aromatic rings. The van der Waals surface area contributed by atoms with Gasteiger partial charge in [-0.2, -0.15) is 0 Å². The number of nitrogens with zero attached hydrogens (tertiary/aromatic N) is 4. The average Bonchev–Trinajstić information content (AvgIpc) is 3.18. The number of fused-ring (bicyclic) bond motifs is 7. The number of aromatic amines is 1. The Kier molecular flexibility index (Phi) is 2.99. The van der Waals surface area contributed by atoms with Gasteiger partial charge < -0.3 is 5.11 Å². The van der Waals surface area contributed by atoms with Crippen LogP contribution in [-0.2, 0) is 0 Å². The number of para-hydroxylation sites is 2. The summed E-state index contributed by atoms with van der Waals surface area (Å²) in [6.45, 7) is 3.69. The molecule has 26 heavy (non-hydrogen) atoms. The van der Waals surface area contributed by atoms with E-state index in [1.54, 1.807) is 18.2 Å². The molecule has 3 aromatic heterocycles. The van der Waals surface area contributed by atoms with Crippen LogP contribution in [-0.4, -0.2) is 28.9 Å². The molecular weight excluding hydrogens is 326 g/mol.